The van der Waals surface area contributed by atoms with Crippen molar-refractivity contribution in [3.63, 3.8) is 0 Å². The molecule has 0 fully saturated rings. The van der Waals surface area contributed by atoms with E-state index in [1.165, 1.54) is 59.8 Å². The van der Waals surface area contributed by atoms with Crippen LogP contribution in [0.1, 0.15) is 17.3 Å². The molecule has 4 heteroatoms. The zero-order valence-electron chi connectivity index (χ0n) is 30.9. The van der Waals surface area contributed by atoms with Gasteiger partial charge in [0.2, 0.25) is 0 Å². The van der Waals surface area contributed by atoms with Crippen LogP contribution in [0.4, 0.5) is 0 Å². The molecule has 0 saturated carbocycles. The van der Waals surface area contributed by atoms with Gasteiger partial charge in [-0.2, -0.15) is 0 Å². The molecule has 266 valence electrons. The lowest BCUT2D eigenvalue weighted by Gasteiger charge is -2.20. The molecule has 1 aliphatic rings. The summed E-state index contributed by atoms with van der Waals surface area (Å²) in [5, 5.41) is 15.0. The van der Waals surface area contributed by atoms with Crippen LogP contribution in [0.15, 0.2) is 195 Å². The standard InChI is InChI=1S/C53H34N4/c1-2-12-42-33(8-1)9-6-14-43(42)40-28-39(29-41(30-40)57-49-15-4-3-13-46(49)53-50(57)16-7-27-54-53)37-21-25-47(55-31-37)48-26-22-38(32-56-48)44-23-19-36-18-17-34-10-5-11-35-20-24-45(44)52(36)51(34)35/h1-32,48,56H. The van der Waals surface area contributed by atoms with Crippen molar-refractivity contribution in [2.75, 3.05) is 0 Å². The molecule has 1 aliphatic heterocycles. The molecule has 0 bridgehead atoms. The molecule has 1 unspecified atom stereocenters. The summed E-state index contributed by atoms with van der Waals surface area (Å²) in [6.45, 7) is 0. The Balaban J connectivity index is 0.923. The number of nitrogens with one attached hydrogen (secondary N) is 1. The second-order valence-corrected chi connectivity index (χ2v) is 15.1. The highest BCUT2D eigenvalue weighted by Gasteiger charge is 2.19. The van der Waals surface area contributed by atoms with Gasteiger partial charge in [-0.15, -0.1) is 0 Å². The number of pyridine rings is 2. The predicted octanol–water partition coefficient (Wildman–Crippen LogP) is 13.2. The Hall–Kier alpha value is -7.56. The second kappa shape index (κ2) is 12.5. The van der Waals surface area contributed by atoms with Gasteiger partial charge in [-0.05, 0) is 113 Å². The van der Waals surface area contributed by atoms with Crippen LogP contribution in [-0.2, 0) is 0 Å². The van der Waals surface area contributed by atoms with Gasteiger partial charge in [-0.1, -0.05) is 133 Å². The Morgan fingerprint density at radius 1 is 0.491 bits per heavy atom. The Morgan fingerprint density at radius 2 is 1.23 bits per heavy atom. The average Bonchev–Trinajstić information content (AvgIpc) is 3.62. The van der Waals surface area contributed by atoms with Crippen LogP contribution in [0.5, 0.6) is 0 Å². The third kappa shape index (κ3) is 5.01. The van der Waals surface area contributed by atoms with E-state index < -0.39 is 0 Å². The first-order valence-corrected chi connectivity index (χ1v) is 19.5. The maximum Gasteiger partial charge on any atom is 0.0963 e. The van der Waals surface area contributed by atoms with Gasteiger partial charge in [-0.3, -0.25) is 9.97 Å². The van der Waals surface area contributed by atoms with Gasteiger partial charge in [0, 0.05) is 35.2 Å². The first-order valence-electron chi connectivity index (χ1n) is 19.5. The lowest BCUT2D eigenvalue weighted by Crippen LogP contribution is -2.17. The van der Waals surface area contributed by atoms with Gasteiger partial charge in [0.25, 0.3) is 0 Å². The van der Waals surface area contributed by atoms with Crippen LogP contribution in [0, 0.1) is 0 Å². The van der Waals surface area contributed by atoms with Crippen molar-refractivity contribution in [1.29, 1.82) is 0 Å². The van der Waals surface area contributed by atoms with Gasteiger partial charge in [0.05, 0.1) is 28.3 Å². The van der Waals surface area contributed by atoms with Gasteiger partial charge in [0.1, 0.15) is 0 Å². The SMILES string of the molecule is C1=CC(c2ccc(-c3cc(-c4cccc5ccccc45)cc(-n4c5ccccc5c5ncccc54)c3)cn2)NC=C1c1ccc2ccc3cccc4ccc1c2c34. The summed E-state index contributed by atoms with van der Waals surface area (Å²) in [7, 11) is 0. The first-order chi connectivity index (χ1) is 28.2. The van der Waals surface area contributed by atoms with Gasteiger partial charge in [-0.25, -0.2) is 0 Å². The van der Waals surface area contributed by atoms with E-state index in [1.54, 1.807) is 0 Å². The second-order valence-electron chi connectivity index (χ2n) is 15.1. The zero-order valence-corrected chi connectivity index (χ0v) is 30.9. The van der Waals surface area contributed by atoms with E-state index in [0.29, 0.717) is 0 Å². The van der Waals surface area contributed by atoms with Crippen molar-refractivity contribution in [2.24, 2.45) is 0 Å². The van der Waals surface area contributed by atoms with Crippen LogP contribution in [0.2, 0.25) is 0 Å². The Bertz CT molecular complexity index is 3370. The van der Waals surface area contributed by atoms with Crippen molar-refractivity contribution in [3.8, 4) is 27.9 Å². The molecule has 0 saturated heterocycles. The minimum atomic E-state index is -0.0368. The van der Waals surface area contributed by atoms with Crippen molar-refractivity contribution in [3.05, 3.63) is 206 Å². The normalized spacial score (nSPS) is 14.3. The molecule has 0 radical (unpaired) electrons. The summed E-state index contributed by atoms with van der Waals surface area (Å²) in [6, 6.07) is 59.2. The molecule has 0 spiro atoms. The van der Waals surface area contributed by atoms with Crippen LogP contribution >= 0.6 is 0 Å². The number of nitrogens with zero attached hydrogens (tertiary/aromatic N) is 3. The molecule has 11 aromatic rings. The van der Waals surface area contributed by atoms with Crippen LogP contribution in [0.25, 0.3) is 98.5 Å². The number of allylic oxidation sites excluding steroid dienone is 2. The Labute approximate surface area is 329 Å². The lowest BCUT2D eigenvalue weighted by atomic mass is 9.89. The van der Waals surface area contributed by atoms with Crippen molar-refractivity contribution < 1.29 is 0 Å². The highest BCUT2D eigenvalue weighted by Crippen LogP contribution is 2.40. The number of dihydropyridines is 1. The topological polar surface area (TPSA) is 42.7 Å². The smallest absolute Gasteiger partial charge is 0.0963 e. The number of para-hydroxylation sites is 1. The average molecular weight is 727 g/mol. The van der Waals surface area contributed by atoms with E-state index >= 15 is 0 Å². The largest absolute Gasteiger partial charge is 0.379 e. The van der Waals surface area contributed by atoms with E-state index in [1.807, 2.05) is 18.5 Å². The van der Waals surface area contributed by atoms with E-state index in [9.17, 15) is 0 Å². The monoisotopic (exact) mass is 726 g/mol. The van der Waals surface area contributed by atoms with Gasteiger partial charge < -0.3 is 9.88 Å². The van der Waals surface area contributed by atoms with E-state index in [-0.39, 0.29) is 6.04 Å². The molecular weight excluding hydrogens is 693 g/mol. The number of fused-ring (bicyclic) bond motifs is 4. The number of hydrogen-bond donors (Lipinski definition) is 1. The van der Waals surface area contributed by atoms with Crippen molar-refractivity contribution in [1.82, 2.24) is 19.9 Å². The van der Waals surface area contributed by atoms with Crippen molar-refractivity contribution in [2.45, 2.75) is 6.04 Å². The molecule has 4 nitrogen and oxygen atoms in total. The fourth-order valence-electron chi connectivity index (χ4n) is 9.18. The van der Waals surface area contributed by atoms with Gasteiger partial charge in [0.15, 0.2) is 0 Å². The van der Waals surface area contributed by atoms with Crippen LogP contribution in [-0.4, -0.2) is 14.5 Å². The van der Waals surface area contributed by atoms with E-state index in [4.69, 9.17) is 9.97 Å². The molecular formula is C53H34N4. The van der Waals surface area contributed by atoms with E-state index in [0.717, 1.165) is 50.0 Å². The molecule has 12 rings (SSSR count). The molecule has 0 amide bonds. The van der Waals surface area contributed by atoms with E-state index in [2.05, 4.69) is 186 Å². The van der Waals surface area contributed by atoms with Crippen molar-refractivity contribution >= 4 is 70.6 Å². The minimum Gasteiger partial charge on any atom is -0.379 e. The highest BCUT2D eigenvalue weighted by molar-refractivity contribution is 6.24. The molecule has 0 aliphatic carbocycles. The summed E-state index contributed by atoms with van der Waals surface area (Å²) < 4.78 is 2.35. The maximum absolute atomic E-state index is 5.07. The number of rotatable bonds is 5. The lowest BCUT2D eigenvalue weighted by molar-refractivity contribution is 0.724. The molecule has 57 heavy (non-hydrogen) atoms. The zero-order chi connectivity index (χ0) is 37.5. The third-order valence-electron chi connectivity index (χ3n) is 11.9. The van der Waals surface area contributed by atoms with Crippen LogP contribution < -0.4 is 5.32 Å². The summed E-state index contributed by atoms with van der Waals surface area (Å²) in [4.78, 5) is 9.88. The Morgan fingerprint density at radius 3 is 2.09 bits per heavy atom. The first kappa shape index (κ1) is 31.8. The molecule has 8 aromatic carbocycles. The number of aromatic nitrogens is 3. The molecule has 1 N–H and O–H groups in total. The quantitative estimate of drug-likeness (QED) is 0.180. The molecule has 4 heterocycles. The summed E-state index contributed by atoms with van der Waals surface area (Å²) in [5.74, 6) is 0. The fraction of sp³-hybridized carbons (Fsp3) is 0.0189. The maximum atomic E-state index is 5.07. The summed E-state index contributed by atoms with van der Waals surface area (Å²) >= 11 is 0. The molecule has 1 atom stereocenters. The highest BCUT2D eigenvalue weighted by atomic mass is 15.0. The minimum absolute atomic E-state index is 0.0368. The Kier molecular flexibility index (Phi) is 6.96. The van der Waals surface area contributed by atoms with Crippen LogP contribution in [0.3, 0.4) is 0 Å². The fourth-order valence-corrected chi connectivity index (χ4v) is 9.18. The summed E-state index contributed by atoms with van der Waals surface area (Å²) in [5.41, 5.74) is 12.2. The number of benzene rings is 8. The molecule has 3 aromatic heterocycles. The predicted molar refractivity (Wildman–Crippen MR) is 238 cm³/mol. The number of hydrogen-bond acceptors (Lipinski definition) is 3. The van der Waals surface area contributed by atoms with Gasteiger partial charge >= 0.3 is 0 Å². The summed E-state index contributed by atoms with van der Waals surface area (Å²) in [6.07, 6.45) is 10.5. The third-order valence-corrected chi connectivity index (χ3v) is 11.9.